The van der Waals surface area contributed by atoms with Gasteiger partial charge in [-0.1, -0.05) is 23.7 Å². The van der Waals surface area contributed by atoms with Crippen molar-refractivity contribution in [3.05, 3.63) is 31.7 Å². The van der Waals surface area contributed by atoms with Crippen molar-refractivity contribution in [2.75, 3.05) is 0 Å². The highest BCUT2D eigenvalue weighted by Gasteiger charge is 2.11. The van der Waals surface area contributed by atoms with Crippen LogP contribution >= 0.6 is 45.5 Å². The first-order valence-electron chi connectivity index (χ1n) is 3.50. The molecular formula is C9H3ClINS. The van der Waals surface area contributed by atoms with Crippen LogP contribution in [0.1, 0.15) is 5.56 Å². The van der Waals surface area contributed by atoms with Gasteiger partial charge in [0.05, 0.1) is 10.3 Å². The summed E-state index contributed by atoms with van der Waals surface area (Å²) in [5.41, 5.74) is 0.597. The maximum atomic E-state index is 8.87. The molecule has 0 bridgehead atoms. The van der Waals surface area contributed by atoms with E-state index < -0.39 is 0 Å². The molecule has 1 aromatic heterocycles. The number of thiophene rings is 1. The van der Waals surface area contributed by atoms with Crippen molar-refractivity contribution in [1.29, 1.82) is 5.26 Å². The van der Waals surface area contributed by atoms with E-state index in [9.17, 15) is 0 Å². The molecule has 0 aliphatic rings. The summed E-state index contributed by atoms with van der Waals surface area (Å²) in [6.07, 6.45) is 0. The van der Waals surface area contributed by atoms with Gasteiger partial charge in [0.15, 0.2) is 0 Å². The number of rotatable bonds is 0. The van der Waals surface area contributed by atoms with Gasteiger partial charge in [0.25, 0.3) is 0 Å². The van der Waals surface area contributed by atoms with Crippen LogP contribution in [0.4, 0.5) is 0 Å². The summed E-state index contributed by atoms with van der Waals surface area (Å²) in [5.74, 6) is 0. The fraction of sp³-hybridized carbons (Fsp3) is 0. The smallest absolute Gasteiger partial charge is 0.112 e. The quantitative estimate of drug-likeness (QED) is 0.673. The molecule has 4 heteroatoms. The van der Waals surface area contributed by atoms with E-state index in [2.05, 4.69) is 28.7 Å². The Balaban J connectivity index is 2.96. The third-order valence-corrected chi connectivity index (χ3v) is 4.45. The van der Waals surface area contributed by atoms with Crippen LogP contribution in [0, 0.1) is 14.9 Å². The first-order valence-corrected chi connectivity index (χ1v) is 5.78. The third-order valence-electron chi connectivity index (χ3n) is 1.74. The van der Waals surface area contributed by atoms with E-state index in [1.807, 2.05) is 18.2 Å². The van der Waals surface area contributed by atoms with E-state index in [1.54, 1.807) is 0 Å². The highest BCUT2D eigenvalue weighted by Crippen LogP contribution is 2.36. The maximum Gasteiger partial charge on any atom is 0.112 e. The van der Waals surface area contributed by atoms with Gasteiger partial charge in [-0.3, -0.25) is 0 Å². The van der Waals surface area contributed by atoms with E-state index in [1.165, 1.54) is 11.3 Å². The maximum absolute atomic E-state index is 8.87. The molecule has 13 heavy (non-hydrogen) atoms. The molecule has 0 saturated heterocycles. The summed E-state index contributed by atoms with van der Waals surface area (Å²) in [6.45, 7) is 0. The van der Waals surface area contributed by atoms with Crippen molar-refractivity contribution in [1.82, 2.24) is 0 Å². The summed E-state index contributed by atoms with van der Waals surface area (Å²) in [4.78, 5) is 0. The van der Waals surface area contributed by atoms with E-state index in [0.717, 1.165) is 13.7 Å². The topological polar surface area (TPSA) is 23.8 Å². The molecule has 0 N–H and O–H groups in total. The van der Waals surface area contributed by atoms with E-state index in [0.29, 0.717) is 9.90 Å². The molecule has 1 heterocycles. The average molecular weight is 320 g/mol. The number of hydrogen-bond acceptors (Lipinski definition) is 2. The van der Waals surface area contributed by atoms with Crippen molar-refractivity contribution in [2.24, 2.45) is 0 Å². The Kier molecular flexibility index (Phi) is 2.45. The molecule has 1 aromatic carbocycles. The predicted octanol–water partition coefficient (Wildman–Crippen LogP) is 4.03. The predicted molar refractivity (Wildman–Crippen MR) is 64.3 cm³/mol. The van der Waals surface area contributed by atoms with Crippen molar-refractivity contribution in [3.8, 4) is 6.07 Å². The summed E-state index contributed by atoms with van der Waals surface area (Å²) in [7, 11) is 0. The average Bonchev–Trinajstić information content (AvgIpc) is 2.43. The van der Waals surface area contributed by atoms with Crippen molar-refractivity contribution in [2.45, 2.75) is 0 Å². The Hall–Kier alpha value is -0.310. The molecule has 0 spiro atoms. The normalized spacial score (nSPS) is 10.2. The Morgan fingerprint density at radius 2 is 2.23 bits per heavy atom. The molecule has 64 valence electrons. The van der Waals surface area contributed by atoms with Crippen LogP contribution < -0.4 is 0 Å². The highest BCUT2D eigenvalue weighted by atomic mass is 127. The van der Waals surface area contributed by atoms with Gasteiger partial charge in [-0.2, -0.15) is 5.26 Å². The van der Waals surface area contributed by atoms with Gasteiger partial charge in [-0.25, -0.2) is 0 Å². The molecule has 0 saturated carbocycles. The van der Waals surface area contributed by atoms with Gasteiger partial charge in [-0.15, -0.1) is 11.3 Å². The lowest BCUT2D eigenvalue weighted by Crippen LogP contribution is -1.72. The largest absolute Gasteiger partial charge is 0.192 e. The van der Waals surface area contributed by atoms with Gasteiger partial charge < -0.3 is 0 Å². The van der Waals surface area contributed by atoms with Crippen LogP contribution in [0.15, 0.2) is 18.2 Å². The molecule has 1 nitrogen and oxygen atoms in total. The van der Waals surface area contributed by atoms with Gasteiger partial charge in [-0.05, 0) is 28.7 Å². The van der Waals surface area contributed by atoms with Crippen LogP contribution in [0.25, 0.3) is 10.1 Å². The van der Waals surface area contributed by atoms with Crippen LogP contribution in [0.3, 0.4) is 0 Å². The zero-order valence-corrected chi connectivity index (χ0v) is 10.1. The van der Waals surface area contributed by atoms with Crippen LogP contribution in [-0.2, 0) is 0 Å². The SMILES string of the molecule is N#Cc1c(Cl)sc2c(I)cccc12. The number of fused-ring (bicyclic) bond motifs is 1. The second kappa shape index (κ2) is 3.45. The van der Waals surface area contributed by atoms with Crippen LogP contribution in [0.2, 0.25) is 4.34 Å². The van der Waals surface area contributed by atoms with Crippen molar-refractivity contribution >= 4 is 55.6 Å². The molecular weight excluding hydrogens is 317 g/mol. The molecule has 0 atom stereocenters. The zero-order chi connectivity index (χ0) is 9.42. The molecule has 0 radical (unpaired) electrons. The Morgan fingerprint density at radius 3 is 2.92 bits per heavy atom. The van der Waals surface area contributed by atoms with E-state index >= 15 is 0 Å². The molecule has 0 unspecified atom stereocenters. The Labute approximate surface area is 98.1 Å². The number of benzene rings is 1. The third kappa shape index (κ3) is 1.43. The summed E-state index contributed by atoms with van der Waals surface area (Å²) >= 11 is 9.64. The Bertz CT molecular complexity index is 512. The van der Waals surface area contributed by atoms with Gasteiger partial charge in [0.2, 0.25) is 0 Å². The summed E-state index contributed by atoms with van der Waals surface area (Å²) < 4.78 is 2.83. The number of nitrogens with zero attached hydrogens (tertiary/aromatic N) is 1. The molecule has 2 rings (SSSR count). The molecule has 0 amide bonds. The lowest BCUT2D eigenvalue weighted by atomic mass is 10.2. The molecule has 0 aliphatic heterocycles. The fourth-order valence-corrected chi connectivity index (χ4v) is 3.25. The highest BCUT2D eigenvalue weighted by molar-refractivity contribution is 14.1. The molecule has 0 fully saturated rings. The minimum atomic E-state index is 0.585. The standard InChI is InChI=1S/C9H3ClINS/c10-9-6(4-12)5-2-1-3-7(11)8(5)13-9/h1-3H. The van der Waals surface area contributed by atoms with Crippen molar-refractivity contribution in [3.63, 3.8) is 0 Å². The van der Waals surface area contributed by atoms with E-state index in [-0.39, 0.29) is 0 Å². The lowest BCUT2D eigenvalue weighted by Gasteiger charge is -1.91. The zero-order valence-electron chi connectivity index (χ0n) is 6.34. The van der Waals surface area contributed by atoms with Gasteiger partial charge in [0, 0.05) is 8.96 Å². The second-order valence-electron chi connectivity index (χ2n) is 2.48. The lowest BCUT2D eigenvalue weighted by molar-refractivity contribution is 1.52. The summed E-state index contributed by atoms with van der Waals surface area (Å²) in [6, 6.07) is 8.00. The number of hydrogen-bond donors (Lipinski definition) is 0. The van der Waals surface area contributed by atoms with Gasteiger partial charge >= 0.3 is 0 Å². The summed E-state index contributed by atoms with van der Waals surface area (Å²) in [5, 5.41) is 9.83. The van der Waals surface area contributed by atoms with Gasteiger partial charge in [0.1, 0.15) is 10.4 Å². The minimum Gasteiger partial charge on any atom is -0.192 e. The van der Waals surface area contributed by atoms with E-state index in [4.69, 9.17) is 16.9 Å². The Morgan fingerprint density at radius 1 is 1.46 bits per heavy atom. The first-order chi connectivity index (χ1) is 6.24. The monoisotopic (exact) mass is 319 g/mol. The minimum absolute atomic E-state index is 0.585. The van der Waals surface area contributed by atoms with Crippen LogP contribution in [-0.4, -0.2) is 0 Å². The van der Waals surface area contributed by atoms with Crippen molar-refractivity contribution < 1.29 is 0 Å². The number of nitriles is 1. The molecule has 2 aromatic rings. The number of halogens is 2. The fourth-order valence-electron chi connectivity index (χ4n) is 1.16. The van der Waals surface area contributed by atoms with Crippen LogP contribution in [0.5, 0.6) is 0 Å². The molecule has 0 aliphatic carbocycles. The second-order valence-corrected chi connectivity index (χ2v) is 5.26. The first kappa shape index (κ1) is 9.25.